The summed E-state index contributed by atoms with van der Waals surface area (Å²) in [6.07, 6.45) is 1.94. The fourth-order valence-electron chi connectivity index (χ4n) is 3.25. The van der Waals surface area contributed by atoms with E-state index in [0.717, 1.165) is 11.1 Å². The highest BCUT2D eigenvalue weighted by molar-refractivity contribution is 7.90. The molecule has 1 aliphatic carbocycles. The van der Waals surface area contributed by atoms with Crippen LogP contribution in [0.15, 0.2) is 53.6 Å². The molecule has 4 rings (SSSR count). The van der Waals surface area contributed by atoms with Crippen LogP contribution in [0.1, 0.15) is 21.5 Å². The molecule has 2 N–H and O–H groups in total. The molecule has 1 heterocycles. The Morgan fingerprint density at radius 1 is 1.12 bits per heavy atom. The summed E-state index contributed by atoms with van der Waals surface area (Å²) < 4.78 is 27.3. The minimum Gasteiger partial charge on any atom is -0.321 e. The zero-order valence-electron chi connectivity index (χ0n) is 13.5. The van der Waals surface area contributed by atoms with Crippen LogP contribution in [0.25, 0.3) is 10.9 Å². The molecular formula is C18H17ClN2O3S. The van der Waals surface area contributed by atoms with Gasteiger partial charge in [0.05, 0.1) is 16.5 Å². The van der Waals surface area contributed by atoms with E-state index >= 15 is 0 Å². The number of hydrogen-bond acceptors (Lipinski definition) is 4. The van der Waals surface area contributed by atoms with Crippen molar-refractivity contribution >= 4 is 39.1 Å². The van der Waals surface area contributed by atoms with Gasteiger partial charge in [-0.1, -0.05) is 29.8 Å². The second-order valence-corrected chi connectivity index (χ2v) is 7.96. The van der Waals surface area contributed by atoms with Gasteiger partial charge in [-0.25, -0.2) is 12.4 Å². The molecule has 5 nitrogen and oxygen atoms in total. The maximum atomic E-state index is 13.0. The van der Waals surface area contributed by atoms with Crippen molar-refractivity contribution in [1.29, 1.82) is 0 Å². The van der Waals surface area contributed by atoms with Gasteiger partial charge in [0.15, 0.2) is 5.78 Å². The molecule has 0 aliphatic heterocycles. The van der Waals surface area contributed by atoms with Crippen LogP contribution in [0.5, 0.6) is 0 Å². The number of carbonyl (C=O) groups excluding carboxylic acids is 1. The molecule has 0 bridgehead atoms. The van der Waals surface area contributed by atoms with Gasteiger partial charge in [-0.05, 0) is 37.1 Å². The maximum absolute atomic E-state index is 13.0. The second kappa shape index (κ2) is 5.98. The Bertz CT molecular complexity index is 1090. The van der Waals surface area contributed by atoms with Crippen LogP contribution in [0.4, 0.5) is 0 Å². The van der Waals surface area contributed by atoms with Crippen LogP contribution in [-0.4, -0.2) is 24.2 Å². The van der Waals surface area contributed by atoms with E-state index in [-0.39, 0.29) is 23.1 Å². The second-order valence-electron chi connectivity index (χ2n) is 6.14. The summed E-state index contributed by atoms with van der Waals surface area (Å²) in [5.41, 5.74) is 8.71. The van der Waals surface area contributed by atoms with E-state index in [9.17, 15) is 13.2 Å². The van der Waals surface area contributed by atoms with Gasteiger partial charge in [0.2, 0.25) is 0 Å². The van der Waals surface area contributed by atoms with Crippen LogP contribution in [0, 0.1) is 6.92 Å². The molecule has 7 heteroatoms. The minimum atomic E-state index is -3.73. The van der Waals surface area contributed by atoms with Gasteiger partial charge in [-0.3, -0.25) is 4.79 Å². The number of aromatic nitrogens is 1. The summed E-state index contributed by atoms with van der Waals surface area (Å²) in [7, 11) is -3.73. The summed E-state index contributed by atoms with van der Waals surface area (Å²) in [4.78, 5) is 12.5. The molecular weight excluding hydrogens is 360 g/mol. The fraction of sp³-hybridized carbons (Fsp3) is 0.167. The van der Waals surface area contributed by atoms with Crippen molar-refractivity contribution in [3.8, 4) is 0 Å². The molecule has 130 valence electrons. The normalized spacial score (nSPS) is 16.7. The van der Waals surface area contributed by atoms with E-state index in [1.807, 2.05) is 6.92 Å². The van der Waals surface area contributed by atoms with Crippen LogP contribution in [-0.2, 0) is 16.4 Å². The molecule has 1 aliphatic rings. The third-order valence-corrected chi connectivity index (χ3v) is 6.18. The molecule has 25 heavy (non-hydrogen) atoms. The number of Topliss-reactive ketones (excluding diaryl/α,β-unsaturated/α-hetero) is 1. The number of benzene rings is 2. The van der Waals surface area contributed by atoms with Crippen molar-refractivity contribution in [2.45, 2.75) is 24.3 Å². The zero-order valence-corrected chi connectivity index (χ0v) is 15.1. The van der Waals surface area contributed by atoms with E-state index in [4.69, 9.17) is 5.73 Å². The van der Waals surface area contributed by atoms with Gasteiger partial charge in [0, 0.05) is 17.1 Å². The number of aryl methyl sites for hydroxylation is 1. The smallest absolute Gasteiger partial charge is 0.268 e. The Morgan fingerprint density at radius 3 is 2.48 bits per heavy atom. The Balaban J connectivity index is 0.00000182. The highest BCUT2D eigenvalue weighted by atomic mass is 35.5. The lowest BCUT2D eigenvalue weighted by Crippen LogP contribution is -2.35. The van der Waals surface area contributed by atoms with Gasteiger partial charge < -0.3 is 5.73 Å². The van der Waals surface area contributed by atoms with Gasteiger partial charge in [-0.15, -0.1) is 12.4 Å². The molecule has 2 aromatic carbocycles. The van der Waals surface area contributed by atoms with E-state index in [0.29, 0.717) is 22.9 Å². The Labute approximate surface area is 151 Å². The molecule has 0 fully saturated rings. The SMILES string of the molecule is Cc1ccc(S(=O)(=O)n2cc3c4c(cccc42)C(=O)C(N)C3)cc1.Cl. The van der Waals surface area contributed by atoms with Crippen molar-refractivity contribution in [2.24, 2.45) is 5.73 Å². The van der Waals surface area contributed by atoms with Crippen LogP contribution < -0.4 is 5.73 Å². The number of ketones is 1. The average Bonchev–Trinajstić information content (AvgIpc) is 2.93. The Kier molecular flexibility index (Phi) is 4.23. The number of nitrogens with zero attached hydrogens (tertiary/aromatic N) is 1. The van der Waals surface area contributed by atoms with Gasteiger partial charge >= 0.3 is 0 Å². The summed E-state index contributed by atoms with van der Waals surface area (Å²) in [5.74, 6) is -0.140. The van der Waals surface area contributed by atoms with E-state index in [2.05, 4.69) is 0 Å². The van der Waals surface area contributed by atoms with Crippen LogP contribution >= 0.6 is 12.4 Å². The fourth-order valence-corrected chi connectivity index (χ4v) is 4.63. The van der Waals surface area contributed by atoms with Crippen molar-refractivity contribution in [2.75, 3.05) is 0 Å². The first kappa shape index (κ1) is 17.7. The number of halogens is 1. The van der Waals surface area contributed by atoms with Crippen LogP contribution in [0.2, 0.25) is 0 Å². The summed E-state index contributed by atoms with van der Waals surface area (Å²) in [6, 6.07) is 11.2. The van der Waals surface area contributed by atoms with Crippen molar-refractivity contribution in [3.05, 3.63) is 65.4 Å². The predicted octanol–water partition coefficient (Wildman–Crippen LogP) is 2.67. The van der Waals surface area contributed by atoms with Crippen molar-refractivity contribution in [1.82, 2.24) is 3.97 Å². The molecule has 0 amide bonds. The molecule has 0 radical (unpaired) electrons. The first-order valence-electron chi connectivity index (χ1n) is 7.64. The summed E-state index contributed by atoms with van der Waals surface area (Å²) in [6.45, 7) is 1.90. The number of rotatable bonds is 2. The first-order valence-corrected chi connectivity index (χ1v) is 9.08. The number of carbonyl (C=O) groups is 1. The third kappa shape index (κ3) is 2.57. The molecule has 0 spiro atoms. The predicted molar refractivity (Wildman–Crippen MR) is 99.0 cm³/mol. The lowest BCUT2D eigenvalue weighted by Gasteiger charge is -2.17. The van der Waals surface area contributed by atoms with Gasteiger partial charge in [-0.2, -0.15) is 0 Å². The quantitative estimate of drug-likeness (QED) is 0.745. The molecule has 1 aromatic heterocycles. The maximum Gasteiger partial charge on any atom is 0.268 e. The van der Waals surface area contributed by atoms with Crippen molar-refractivity contribution < 1.29 is 13.2 Å². The zero-order chi connectivity index (χ0) is 17.1. The highest BCUT2D eigenvalue weighted by Crippen LogP contribution is 2.33. The van der Waals surface area contributed by atoms with Crippen molar-refractivity contribution in [3.63, 3.8) is 0 Å². The lowest BCUT2D eigenvalue weighted by atomic mass is 9.89. The first-order chi connectivity index (χ1) is 11.4. The topological polar surface area (TPSA) is 82.2 Å². The average molecular weight is 377 g/mol. The molecule has 0 saturated heterocycles. The third-order valence-electron chi connectivity index (χ3n) is 4.49. The number of nitrogens with two attached hydrogens (primary N) is 1. The molecule has 1 unspecified atom stereocenters. The van der Waals surface area contributed by atoms with Gasteiger partial charge in [0.25, 0.3) is 10.0 Å². The number of hydrogen-bond donors (Lipinski definition) is 1. The largest absolute Gasteiger partial charge is 0.321 e. The minimum absolute atomic E-state index is 0. The van der Waals surface area contributed by atoms with Gasteiger partial charge in [0.1, 0.15) is 0 Å². The summed E-state index contributed by atoms with van der Waals surface area (Å²) >= 11 is 0. The molecule has 0 saturated carbocycles. The van der Waals surface area contributed by atoms with Crippen LogP contribution in [0.3, 0.4) is 0 Å². The van der Waals surface area contributed by atoms with E-state index < -0.39 is 16.1 Å². The molecule has 1 atom stereocenters. The van der Waals surface area contributed by atoms with E-state index in [1.165, 1.54) is 3.97 Å². The standard InChI is InChI=1S/C18H16N2O3S.ClH/c1-11-5-7-13(8-6-11)24(22,23)20-10-12-9-15(19)18(21)14-3-2-4-16(20)17(12)14;/h2-8,10,15H,9,19H2,1H3;1H. The lowest BCUT2D eigenvalue weighted by molar-refractivity contribution is 0.0959. The highest BCUT2D eigenvalue weighted by Gasteiger charge is 2.30. The van der Waals surface area contributed by atoms with E-state index in [1.54, 1.807) is 48.7 Å². The molecule has 3 aromatic rings. The monoisotopic (exact) mass is 376 g/mol. The summed E-state index contributed by atoms with van der Waals surface area (Å²) in [5, 5.41) is 0.694. The Hall–Kier alpha value is -2.15. The Morgan fingerprint density at radius 2 is 1.80 bits per heavy atom.